The number of anilines is 5. The third kappa shape index (κ3) is 5.07. The summed E-state index contributed by atoms with van der Waals surface area (Å²) in [5.41, 5.74) is 10.3. The molecule has 0 spiro atoms. The van der Waals surface area contributed by atoms with Crippen molar-refractivity contribution >= 4 is 28.4 Å². The molecule has 1 N–H and O–H groups in total. The number of hydrogen-bond acceptors (Lipinski definition) is 2. The largest absolute Gasteiger partial charge is 0.356 e. The normalized spacial score (nSPS) is 10.6. The summed E-state index contributed by atoms with van der Waals surface area (Å²) in [6.07, 6.45) is 0. The molecule has 182 valence electrons. The van der Waals surface area contributed by atoms with Crippen LogP contribution in [0.25, 0.3) is 22.3 Å². The fraction of sp³-hybridized carbons (Fsp3) is 0. The van der Waals surface area contributed by atoms with Crippen molar-refractivity contribution in [1.82, 2.24) is 0 Å². The zero-order chi connectivity index (χ0) is 25.6. The first-order chi connectivity index (χ1) is 18.8. The van der Waals surface area contributed by atoms with Gasteiger partial charge in [-0.05, 0) is 71.3 Å². The van der Waals surface area contributed by atoms with Crippen LogP contribution in [0.15, 0.2) is 164 Å². The van der Waals surface area contributed by atoms with Gasteiger partial charge in [-0.15, -0.1) is 0 Å². The second-order valence-electron chi connectivity index (χ2n) is 9.17. The molecule has 0 amide bonds. The van der Waals surface area contributed by atoms with Crippen molar-refractivity contribution in [3.8, 4) is 22.3 Å². The summed E-state index contributed by atoms with van der Waals surface area (Å²) in [5.74, 6) is 0. The Kier molecular flexibility index (Phi) is 6.69. The van der Waals surface area contributed by atoms with Crippen molar-refractivity contribution in [2.24, 2.45) is 0 Å². The number of hydrogen-bond donors (Lipinski definition) is 1. The summed E-state index contributed by atoms with van der Waals surface area (Å²) >= 11 is 0. The first-order valence-corrected chi connectivity index (χ1v) is 12.9. The van der Waals surface area contributed by atoms with Crippen LogP contribution in [0.5, 0.6) is 0 Å². The third-order valence-electron chi connectivity index (χ3n) is 6.65. The Labute approximate surface area is 224 Å². The van der Waals surface area contributed by atoms with Crippen LogP contribution in [-0.2, 0) is 0 Å². The Morgan fingerprint density at radius 1 is 0.342 bits per heavy atom. The van der Waals surface area contributed by atoms with Crippen LogP contribution in [-0.4, -0.2) is 0 Å². The van der Waals surface area contributed by atoms with Crippen LogP contribution < -0.4 is 10.2 Å². The smallest absolute Gasteiger partial charge is 0.0540 e. The van der Waals surface area contributed by atoms with Gasteiger partial charge in [-0.3, -0.25) is 0 Å². The summed E-state index contributed by atoms with van der Waals surface area (Å²) in [6, 6.07) is 57.3. The molecule has 2 heteroatoms. The molecule has 0 unspecified atom stereocenters. The van der Waals surface area contributed by atoms with Crippen LogP contribution in [0.2, 0.25) is 0 Å². The molecule has 0 heterocycles. The van der Waals surface area contributed by atoms with Crippen molar-refractivity contribution in [1.29, 1.82) is 0 Å². The predicted octanol–water partition coefficient (Wildman–Crippen LogP) is 10.2. The van der Waals surface area contributed by atoms with E-state index in [0.717, 1.165) is 28.4 Å². The molecular formula is C36H28N2. The number of para-hydroxylation sites is 2. The van der Waals surface area contributed by atoms with Gasteiger partial charge in [0.1, 0.15) is 0 Å². The van der Waals surface area contributed by atoms with Gasteiger partial charge in [0.05, 0.1) is 5.69 Å². The van der Waals surface area contributed by atoms with Gasteiger partial charge < -0.3 is 10.2 Å². The van der Waals surface area contributed by atoms with E-state index in [1.54, 1.807) is 0 Å². The lowest BCUT2D eigenvalue weighted by Crippen LogP contribution is -2.11. The second kappa shape index (κ2) is 10.9. The molecule has 6 rings (SSSR count). The van der Waals surface area contributed by atoms with E-state index in [1.165, 1.54) is 22.3 Å². The van der Waals surface area contributed by atoms with Gasteiger partial charge in [0.15, 0.2) is 0 Å². The number of benzene rings is 6. The lowest BCUT2D eigenvalue weighted by atomic mass is 10.0. The van der Waals surface area contributed by atoms with Gasteiger partial charge in [0, 0.05) is 28.3 Å². The maximum Gasteiger partial charge on any atom is 0.0540 e. The highest BCUT2D eigenvalue weighted by molar-refractivity contribution is 5.88. The number of nitrogens with one attached hydrogen (secondary N) is 1. The van der Waals surface area contributed by atoms with E-state index in [1.807, 2.05) is 6.07 Å². The quantitative estimate of drug-likeness (QED) is 0.240. The standard InChI is InChI=1S/C36H28N2/c1-4-12-28(13-5-1)29-20-22-31(23-21-29)37-32-24-26-34(27-25-32)38(33-16-8-3-9-17-33)36-19-11-10-18-35(36)30-14-6-2-7-15-30/h1-27,37H. The van der Waals surface area contributed by atoms with Crippen molar-refractivity contribution in [2.45, 2.75) is 0 Å². The van der Waals surface area contributed by atoms with Crippen LogP contribution >= 0.6 is 0 Å². The molecule has 38 heavy (non-hydrogen) atoms. The van der Waals surface area contributed by atoms with E-state index in [4.69, 9.17) is 0 Å². The maximum atomic E-state index is 3.55. The van der Waals surface area contributed by atoms with Crippen molar-refractivity contribution < 1.29 is 0 Å². The molecule has 0 aromatic heterocycles. The van der Waals surface area contributed by atoms with Gasteiger partial charge in [0.2, 0.25) is 0 Å². The van der Waals surface area contributed by atoms with E-state index >= 15 is 0 Å². The molecule has 0 radical (unpaired) electrons. The average molecular weight is 489 g/mol. The SMILES string of the molecule is c1ccc(-c2ccc(Nc3ccc(N(c4ccccc4)c4ccccc4-c4ccccc4)cc3)cc2)cc1. The van der Waals surface area contributed by atoms with E-state index < -0.39 is 0 Å². The average Bonchev–Trinajstić information content (AvgIpc) is 3.00. The fourth-order valence-corrected chi connectivity index (χ4v) is 4.77. The summed E-state index contributed by atoms with van der Waals surface area (Å²) < 4.78 is 0. The molecule has 0 aliphatic carbocycles. The predicted molar refractivity (Wildman–Crippen MR) is 162 cm³/mol. The van der Waals surface area contributed by atoms with E-state index in [0.29, 0.717) is 0 Å². The molecule has 0 atom stereocenters. The number of rotatable bonds is 7. The van der Waals surface area contributed by atoms with Gasteiger partial charge in [-0.25, -0.2) is 0 Å². The molecule has 0 fully saturated rings. The Balaban J connectivity index is 1.31. The zero-order valence-corrected chi connectivity index (χ0v) is 21.0. The Morgan fingerprint density at radius 2 is 0.789 bits per heavy atom. The summed E-state index contributed by atoms with van der Waals surface area (Å²) in [6.45, 7) is 0. The Morgan fingerprint density at radius 3 is 1.42 bits per heavy atom. The molecule has 6 aromatic rings. The summed E-state index contributed by atoms with van der Waals surface area (Å²) in [7, 11) is 0. The third-order valence-corrected chi connectivity index (χ3v) is 6.65. The highest BCUT2D eigenvalue weighted by Crippen LogP contribution is 2.40. The highest BCUT2D eigenvalue weighted by Gasteiger charge is 2.16. The van der Waals surface area contributed by atoms with E-state index in [9.17, 15) is 0 Å². The van der Waals surface area contributed by atoms with Gasteiger partial charge in [-0.2, -0.15) is 0 Å². The molecule has 0 aliphatic rings. The lowest BCUT2D eigenvalue weighted by Gasteiger charge is -2.28. The fourth-order valence-electron chi connectivity index (χ4n) is 4.77. The molecule has 0 aliphatic heterocycles. The molecule has 0 saturated carbocycles. The molecule has 6 aromatic carbocycles. The van der Waals surface area contributed by atoms with Crippen molar-refractivity contribution in [2.75, 3.05) is 10.2 Å². The van der Waals surface area contributed by atoms with Crippen molar-refractivity contribution in [3.63, 3.8) is 0 Å². The molecule has 0 saturated heterocycles. The van der Waals surface area contributed by atoms with E-state index in [2.05, 4.69) is 168 Å². The minimum atomic E-state index is 1.05. The van der Waals surface area contributed by atoms with Crippen molar-refractivity contribution in [3.05, 3.63) is 164 Å². The minimum Gasteiger partial charge on any atom is -0.356 e. The lowest BCUT2D eigenvalue weighted by molar-refractivity contribution is 1.28. The van der Waals surface area contributed by atoms with Crippen LogP contribution in [0, 0.1) is 0 Å². The van der Waals surface area contributed by atoms with Crippen LogP contribution in [0.1, 0.15) is 0 Å². The Bertz CT molecular complexity index is 1590. The summed E-state index contributed by atoms with van der Waals surface area (Å²) in [4.78, 5) is 2.32. The monoisotopic (exact) mass is 488 g/mol. The van der Waals surface area contributed by atoms with Gasteiger partial charge in [-0.1, -0.05) is 109 Å². The van der Waals surface area contributed by atoms with Crippen LogP contribution in [0.3, 0.4) is 0 Å². The molecular weight excluding hydrogens is 460 g/mol. The van der Waals surface area contributed by atoms with Crippen LogP contribution in [0.4, 0.5) is 28.4 Å². The topological polar surface area (TPSA) is 15.3 Å². The highest BCUT2D eigenvalue weighted by atomic mass is 15.1. The molecule has 2 nitrogen and oxygen atoms in total. The first-order valence-electron chi connectivity index (χ1n) is 12.9. The summed E-state index contributed by atoms with van der Waals surface area (Å²) in [5, 5.41) is 3.55. The minimum absolute atomic E-state index is 1.05. The number of nitrogens with zero attached hydrogens (tertiary/aromatic N) is 1. The second-order valence-corrected chi connectivity index (χ2v) is 9.17. The van der Waals surface area contributed by atoms with Gasteiger partial charge >= 0.3 is 0 Å². The van der Waals surface area contributed by atoms with Gasteiger partial charge in [0.25, 0.3) is 0 Å². The molecule has 0 bridgehead atoms. The Hall–Kier alpha value is -5.08. The van der Waals surface area contributed by atoms with E-state index in [-0.39, 0.29) is 0 Å². The maximum absolute atomic E-state index is 3.55. The zero-order valence-electron chi connectivity index (χ0n) is 21.0. The first kappa shape index (κ1) is 23.3.